The van der Waals surface area contributed by atoms with Crippen molar-refractivity contribution in [2.24, 2.45) is 5.92 Å². The summed E-state index contributed by atoms with van der Waals surface area (Å²) in [5.41, 5.74) is 6.40. The maximum Gasteiger partial charge on any atom is 0.157 e. The average molecular weight is 241 g/mol. The number of anilines is 2. The standard InChI is InChI=1S/C11H17ClN4/c1-8-3-2-5-16(6-4-8)11-9(13)10(12)14-7-15-11/h7-8H,2-6,13H2,1H3. The lowest BCUT2D eigenvalue weighted by Crippen LogP contribution is -2.26. The third-order valence-corrected chi connectivity index (χ3v) is 3.43. The Morgan fingerprint density at radius 2 is 2.19 bits per heavy atom. The first-order chi connectivity index (χ1) is 7.68. The molecule has 0 bridgehead atoms. The molecule has 0 aromatic carbocycles. The van der Waals surface area contributed by atoms with E-state index < -0.39 is 0 Å². The minimum atomic E-state index is 0.349. The van der Waals surface area contributed by atoms with E-state index in [-0.39, 0.29) is 0 Å². The number of hydrogen-bond acceptors (Lipinski definition) is 4. The lowest BCUT2D eigenvalue weighted by atomic mass is 10.0. The van der Waals surface area contributed by atoms with Crippen molar-refractivity contribution in [2.75, 3.05) is 23.7 Å². The summed E-state index contributed by atoms with van der Waals surface area (Å²) in [4.78, 5) is 10.3. The molecule has 1 unspecified atom stereocenters. The molecule has 1 atom stereocenters. The van der Waals surface area contributed by atoms with Crippen molar-refractivity contribution in [3.8, 4) is 0 Å². The SMILES string of the molecule is CC1CCCN(c2ncnc(Cl)c2N)CC1. The van der Waals surface area contributed by atoms with Crippen LogP contribution in [0.15, 0.2) is 6.33 Å². The second kappa shape index (κ2) is 4.87. The summed E-state index contributed by atoms with van der Waals surface area (Å²) < 4.78 is 0. The van der Waals surface area contributed by atoms with Crippen molar-refractivity contribution in [2.45, 2.75) is 26.2 Å². The van der Waals surface area contributed by atoms with Crippen molar-refractivity contribution in [3.05, 3.63) is 11.5 Å². The van der Waals surface area contributed by atoms with Crippen LogP contribution < -0.4 is 10.6 Å². The molecule has 0 radical (unpaired) electrons. The molecule has 1 saturated heterocycles. The van der Waals surface area contributed by atoms with Crippen LogP contribution in [-0.4, -0.2) is 23.1 Å². The van der Waals surface area contributed by atoms with Crippen LogP contribution in [-0.2, 0) is 0 Å². The average Bonchev–Trinajstić information content (AvgIpc) is 2.47. The zero-order valence-corrected chi connectivity index (χ0v) is 10.2. The van der Waals surface area contributed by atoms with Crippen LogP contribution in [0.2, 0.25) is 5.15 Å². The lowest BCUT2D eigenvalue weighted by Gasteiger charge is -2.22. The lowest BCUT2D eigenvalue weighted by molar-refractivity contribution is 0.521. The Hall–Kier alpha value is -1.03. The van der Waals surface area contributed by atoms with Gasteiger partial charge < -0.3 is 10.6 Å². The van der Waals surface area contributed by atoms with Crippen LogP contribution in [0.3, 0.4) is 0 Å². The fourth-order valence-electron chi connectivity index (χ4n) is 2.09. The van der Waals surface area contributed by atoms with Crippen LogP contribution in [0.25, 0.3) is 0 Å². The second-order valence-electron chi connectivity index (χ2n) is 4.42. The predicted octanol–water partition coefficient (Wildman–Crippen LogP) is 2.34. The van der Waals surface area contributed by atoms with E-state index in [9.17, 15) is 0 Å². The van der Waals surface area contributed by atoms with E-state index in [1.54, 1.807) is 0 Å². The molecule has 4 nitrogen and oxygen atoms in total. The zero-order valence-electron chi connectivity index (χ0n) is 9.49. The molecular formula is C11H17ClN4. The number of nitrogens with two attached hydrogens (primary N) is 1. The van der Waals surface area contributed by atoms with Crippen LogP contribution in [0.4, 0.5) is 11.5 Å². The third kappa shape index (κ3) is 2.38. The Bertz CT molecular complexity index is 369. The first-order valence-electron chi connectivity index (χ1n) is 5.69. The van der Waals surface area contributed by atoms with Crippen LogP contribution >= 0.6 is 11.6 Å². The Morgan fingerprint density at radius 3 is 3.00 bits per heavy atom. The number of nitrogen functional groups attached to an aromatic ring is 1. The summed E-state index contributed by atoms with van der Waals surface area (Å²) in [6, 6.07) is 0. The van der Waals surface area contributed by atoms with Gasteiger partial charge in [0.2, 0.25) is 0 Å². The van der Waals surface area contributed by atoms with Gasteiger partial charge in [0.25, 0.3) is 0 Å². The van der Waals surface area contributed by atoms with Gasteiger partial charge in [0.1, 0.15) is 12.0 Å². The maximum atomic E-state index is 5.90. The summed E-state index contributed by atoms with van der Waals surface area (Å²) >= 11 is 5.90. The topological polar surface area (TPSA) is 55.0 Å². The molecule has 0 saturated carbocycles. The molecule has 1 aromatic heterocycles. The zero-order chi connectivity index (χ0) is 11.5. The normalized spacial score (nSPS) is 21.9. The minimum Gasteiger partial charge on any atom is -0.393 e. The third-order valence-electron chi connectivity index (χ3n) is 3.13. The van der Waals surface area contributed by atoms with Crippen LogP contribution in [0.5, 0.6) is 0 Å². The van der Waals surface area contributed by atoms with Crippen LogP contribution in [0, 0.1) is 5.92 Å². The summed E-state index contributed by atoms with van der Waals surface area (Å²) in [6.45, 7) is 4.29. The van der Waals surface area contributed by atoms with Gasteiger partial charge in [-0.25, -0.2) is 9.97 Å². The number of aromatic nitrogens is 2. The van der Waals surface area contributed by atoms with E-state index in [0.717, 1.165) is 24.8 Å². The van der Waals surface area contributed by atoms with Gasteiger partial charge in [-0.15, -0.1) is 0 Å². The molecule has 2 heterocycles. The smallest absolute Gasteiger partial charge is 0.157 e. The monoisotopic (exact) mass is 240 g/mol. The summed E-state index contributed by atoms with van der Waals surface area (Å²) in [7, 11) is 0. The Labute approximate surface area is 101 Å². The van der Waals surface area contributed by atoms with Crippen molar-refractivity contribution in [1.29, 1.82) is 0 Å². The molecule has 0 aliphatic carbocycles. The van der Waals surface area contributed by atoms with E-state index in [1.807, 2.05) is 0 Å². The number of halogens is 1. The first kappa shape index (κ1) is 11.5. The van der Waals surface area contributed by atoms with Gasteiger partial charge in [-0.1, -0.05) is 18.5 Å². The van der Waals surface area contributed by atoms with Crippen LogP contribution in [0.1, 0.15) is 26.2 Å². The van der Waals surface area contributed by atoms with Gasteiger partial charge in [0.05, 0.1) is 0 Å². The summed E-state index contributed by atoms with van der Waals surface area (Å²) in [6.07, 6.45) is 5.11. The molecule has 2 rings (SSSR count). The Kier molecular flexibility index (Phi) is 3.49. The summed E-state index contributed by atoms with van der Waals surface area (Å²) in [5.74, 6) is 1.57. The Morgan fingerprint density at radius 1 is 1.38 bits per heavy atom. The fraction of sp³-hybridized carbons (Fsp3) is 0.636. The molecule has 0 amide bonds. The van der Waals surface area contributed by atoms with Gasteiger partial charge in [-0.2, -0.15) is 0 Å². The Balaban J connectivity index is 2.20. The highest BCUT2D eigenvalue weighted by Gasteiger charge is 2.18. The largest absolute Gasteiger partial charge is 0.393 e. The number of hydrogen-bond donors (Lipinski definition) is 1. The molecule has 16 heavy (non-hydrogen) atoms. The van der Waals surface area contributed by atoms with E-state index in [0.29, 0.717) is 10.8 Å². The fourth-order valence-corrected chi connectivity index (χ4v) is 2.22. The van der Waals surface area contributed by atoms with E-state index >= 15 is 0 Å². The second-order valence-corrected chi connectivity index (χ2v) is 4.78. The highest BCUT2D eigenvalue weighted by molar-refractivity contribution is 6.32. The molecular weight excluding hydrogens is 224 g/mol. The highest BCUT2D eigenvalue weighted by Crippen LogP contribution is 2.28. The molecule has 0 spiro atoms. The molecule has 1 aromatic rings. The quantitative estimate of drug-likeness (QED) is 0.766. The molecule has 1 fully saturated rings. The maximum absolute atomic E-state index is 5.90. The summed E-state index contributed by atoms with van der Waals surface area (Å²) in [5, 5.41) is 0.349. The molecule has 5 heteroatoms. The van der Waals surface area contributed by atoms with Gasteiger partial charge in [-0.3, -0.25) is 0 Å². The highest BCUT2D eigenvalue weighted by atomic mass is 35.5. The van der Waals surface area contributed by atoms with Crippen molar-refractivity contribution in [3.63, 3.8) is 0 Å². The number of rotatable bonds is 1. The van der Waals surface area contributed by atoms with Gasteiger partial charge in [0.15, 0.2) is 11.0 Å². The number of nitrogens with zero attached hydrogens (tertiary/aromatic N) is 3. The van der Waals surface area contributed by atoms with E-state index in [2.05, 4.69) is 21.8 Å². The first-order valence-corrected chi connectivity index (χ1v) is 6.07. The van der Waals surface area contributed by atoms with Gasteiger partial charge in [0, 0.05) is 13.1 Å². The molecule has 1 aliphatic heterocycles. The van der Waals surface area contributed by atoms with E-state index in [1.165, 1.54) is 25.6 Å². The molecule has 1 aliphatic rings. The molecule has 88 valence electrons. The predicted molar refractivity (Wildman–Crippen MR) is 66.7 cm³/mol. The van der Waals surface area contributed by atoms with Gasteiger partial charge >= 0.3 is 0 Å². The minimum absolute atomic E-state index is 0.349. The van der Waals surface area contributed by atoms with Crippen molar-refractivity contribution >= 4 is 23.1 Å². The van der Waals surface area contributed by atoms with Gasteiger partial charge in [-0.05, 0) is 25.2 Å². The molecule has 2 N–H and O–H groups in total. The van der Waals surface area contributed by atoms with Crippen molar-refractivity contribution in [1.82, 2.24) is 9.97 Å². The van der Waals surface area contributed by atoms with Crippen molar-refractivity contribution < 1.29 is 0 Å². The van der Waals surface area contributed by atoms with E-state index in [4.69, 9.17) is 17.3 Å².